The zero-order chi connectivity index (χ0) is 12.3. The molecular formula is C14H15ClFNO. The maximum atomic E-state index is 13.1. The van der Waals surface area contributed by atoms with Crippen molar-refractivity contribution in [3.8, 4) is 16.9 Å². The normalized spacial score (nSPS) is 9.72. The summed E-state index contributed by atoms with van der Waals surface area (Å²) in [5.41, 5.74) is 8.54. The highest BCUT2D eigenvalue weighted by Crippen LogP contribution is 2.32. The fraction of sp³-hybridized carbons (Fsp3) is 0.143. The maximum absolute atomic E-state index is 13.1. The van der Waals surface area contributed by atoms with E-state index in [0.29, 0.717) is 12.3 Å². The molecule has 0 aromatic heterocycles. The third kappa shape index (κ3) is 2.81. The molecule has 2 N–H and O–H groups in total. The Balaban J connectivity index is 0.00000162. The third-order valence-corrected chi connectivity index (χ3v) is 2.69. The van der Waals surface area contributed by atoms with Crippen LogP contribution in [-0.2, 0) is 6.54 Å². The summed E-state index contributed by atoms with van der Waals surface area (Å²) in [6, 6.07) is 12.3. The van der Waals surface area contributed by atoms with Gasteiger partial charge >= 0.3 is 0 Å². The van der Waals surface area contributed by atoms with E-state index in [1.165, 1.54) is 19.2 Å². The van der Waals surface area contributed by atoms with Crippen molar-refractivity contribution < 1.29 is 9.13 Å². The van der Waals surface area contributed by atoms with Crippen LogP contribution in [0, 0.1) is 5.82 Å². The first-order valence-corrected chi connectivity index (χ1v) is 5.38. The van der Waals surface area contributed by atoms with Gasteiger partial charge in [-0.3, -0.25) is 0 Å². The van der Waals surface area contributed by atoms with Crippen LogP contribution in [0.5, 0.6) is 5.75 Å². The fourth-order valence-electron chi connectivity index (χ4n) is 1.85. The summed E-state index contributed by atoms with van der Waals surface area (Å²) in [7, 11) is 1.53. The van der Waals surface area contributed by atoms with Gasteiger partial charge in [-0.15, -0.1) is 12.4 Å². The largest absolute Gasteiger partial charge is 0.496 e. The van der Waals surface area contributed by atoms with Gasteiger partial charge < -0.3 is 10.5 Å². The predicted molar refractivity (Wildman–Crippen MR) is 73.5 cm³/mol. The van der Waals surface area contributed by atoms with Crippen molar-refractivity contribution >= 4 is 12.4 Å². The number of hydrogen-bond donors (Lipinski definition) is 1. The molecule has 2 nitrogen and oxygen atoms in total. The highest BCUT2D eigenvalue weighted by atomic mass is 35.5. The second kappa shape index (κ2) is 6.38. The molecule has 0 radical (unpaired) electrons. The highest BCUT2D eigenvalue weighted by molar-refractivity contribution is 5.85. The minimum atomic E-state index is -0.309. The number of halogens is 2. The average Bonchev–Trinajstić information content (AvgIpc) is 2.38. The molecule has 0 unspecified atom stereocenters. The summed E-state index contributed by atoms with van der Waals surface area (Å²) in [4.78, 5) is 0. The van der Waals surface area contributed by atoms with Gasteiger partial charge in [-0.05, 0) is 23.3 Å². The average molecular weight is 268 g/mol. The van der Waals surface area contributed by atoms with Crippen LogP contribution < -0.4 is 10.5 Å². The van der Waals surface area contributed by atoms with Crippen LogP contribution in [0.2, 0.25) is 0 Å². The zero-order valence-electron chi connectivity index (χ0n) is 10.0. The second-order valence-corrected chi connectivity index (χ2v) is 3.71. The molecule has 0 spiro atoms. The van der Waals surface area contributed by atoms with Gasteiger partial charge in [0.2, 0.25) is 0 Å². The van der Waals surface area contributed by atoms with Gasteiger partial charge in [-0.2, -0.15) is 0 Å². The van der Waals surface area contributed by atoms with Gasteiger partial charge in [0.15, 0.2) is 0 Å². The lowest BCUT2D eigenvalue weighted by atomic mass is 9.99. The monoisotopic (exact) mass is 267 g/mol. The van der Waals surface area contributed by atoms with Crippen molar-refractivity contribution in [1.82, 2.24) is 0 Å². The lowest BCUT2D eigenvalue weighted by Crippen LogP contribution is -1.99. The molecule has 4 heteroatoms. The molecule has 0 aliphatic heterocycles. The SMILES string of the molecule is COc1cc(F)ccc1-c1ccccc1CN.Cl. The van der Waals surface area contributed by atoms with E-state index in [1.54, 1.807) is 6.07 Å². The van der Waals surface area contributed by atoms with E-state index in [0.717, 1.165) is 16.7 Å². The van der Waals surface area contributed by atoms with Crippen LogP contribution in [0.1, 0.15) is 5.56 Å². The third-order valence-electron chi connectivity index (χ3n) is 2.69. The molecule has 0 aliphatic carbocycles. The topological polar surface area (TPSA) is 35.2 Å². The Kier molecular flexibility index (Phi) is 5.13. The first-order chi connectivity index (χ1) is 8.26. The van der Waals surface area contributed by atoms with Crippen LogP contribution >= 0.6 is 12.4 Å². The van der Waals surface area contributed by atoms with Crippen molar-refractivity contribution in [2.75, 3.05) is 7.11 Å². The number of nitrogens with two attached hydrogens (primary N) is 1. The second-order valence-electron chi connectivity index (χ2n) is 3.71. The van der Waals surface area contributed by atoms with E-state index >= 15 is 0 Å². The van der Waals surface area contributed by atoms with Crippen molar-refractivity contribution in [3.63, 3.8) is 0 Å². The van der Waals surface area contributed by atoms with Crippen LogP contribution in [-0.4, -0.2) is 7.11 Å². The van der Waals surface area contributed by atoms with Gasteiger partial charge in [-0.25, -0.2) is 4.39 Å². The zero-order valence-corrected chi connectivity index (χ0v) is 10.8. The summed E-state index contributed by atoms with van der Waals surface area (Å²) in [6.45, 7) is 0.441. The summed E-state index contributed by atoms with van der Waals surface area (Å²) in [6.07, 6.45) is 0. The van der Waals surface area contributed by atoms with E-state index in [9.17, 15) is 4.39 Å². The Morgan fingerprint density at radius 2 is 1.83 bits per heavy atom. The Morgan fingerprint density at radius 3 is 2.50 bits per heavy atom. The van der Waals surface area contributed by atoms with E-state index in [1.807, 2.05) is 24.3 Å². The van der Waals surface area contributed by atoms with Crippen molar-refractivity contribution in [3.05, 3.63) is 53.8 Å². The summed E-state index contributed by atoms with van der Waals surface area (Å²) in [5, 5.41) is 0. The minimum Gasteiger partial charge on any atom is -0.496 e. The molecule has 2 rings (SSSR count). The number of ether oxygens (including phenoxy) is 1. The molecule has 0 atom stereocenters. The molecular weight excluding hydrogens is 253 g/mol. The van der Waals surface area contributed by atoms with Gasteiger partial charge in [0.25, 0.3) is 0 Å². The molecule has 0 aliphatic rings. The van der Waals surface area contributed by atoms with E-state index in [4.69, 9.17) is 10.5 Å². The molecule has 96 valence electrons. The lowest BCUT2D eigenvalue weighted by Gasteiger charge is -2.12. The smallest absolute Gasteiger partial charge is 0.129 e. The van der Waals surface area contributed by atoms with Crippen LogP contribution in [0.15, 0.2) is 42.5 Å². The molecule has 0 amide bonds. The standard InChI is InChI=1S/C14H14FNO.ClH/c1-17-14-8-11(15)6-7-13(14)12-5-3-2-4-10(12)9-16;/h2-8H,9,16H2,1H3;1H. The van der Waals surface area contributed by atoms with E-state index in [2.05, 4.69) is 0 Å². The summed E-state index contributed by atoms with van der Waals surface area (Å²) in [5.74, 6) is 0.210. The number of benzene rings is 2. The molecule has 2 aromatic rings. The fourth-order valence-corrected chi connectivity index (χ4v) is 1.85. The van der Waals surface area contributed by atoms with Crippen LogP contribution in [0.3, 0.4) is 0 Å². The highest BCUT2D eigenvalue weighted by Gasteiger charge is 2.09. The minimum absolute atomic E-state index is 0. The molecule has 0 saturated heterocycles. The summed E-state index contributed by atoms with van der Waals surface area (Å²) < 4.78 is 18.3. The molecule has 18 heavy (non-hydrogen) atoms. The molecule has 0 bridgehead atoms. The van der Waals surface area contributed by atoms with E-state index < -0.39 is 0 Å². The number of rotatable bonds is 3. The number of methoxy groups -OCH3 is 1. The number of hydrogen-bond acceptors (Lipinski definition) is 2. The van der Waals surface area contributed by atoms with Crippen LogP contribution in [0.25, 0.3) is 11.1 Å². The van der Waals surface area contributed by atoms with Gasteiger partial charge in [-0.1, -0.05) is 24.3 Å². The molecule has 0 saturated carbocycles. The summed E-state index contributed by atoms with van der Waals surface area (Å²) >= 11 is 0. The van der Waals surface area contributed by atoms with E-state index in [-0.39, 0.29) is 18.2 Å². The Labute approximate surface area is 112 Å². The van der Waals surface area contributed by atoms with Crippen LogP contribution in [0.4, 0.5) is 4.39 Å². The van der Waals surface area contributed by atoms with Crippen molar-refractivity contribution in [1.29, 1.82) is 0 Å². The molecule has 0 fully saturated rings. The Morgan fingerprint density at radius 1 is 1.11 bits per heavy atom. The van der Waals surface area contributed by atoms with Gasteiger partial charge in [0.1, 0.15) is 11.6 Å². The Bertz CT molecular complexity index is 531. The van der Waals surface area contributed by atoms with Crippen molar-refractivity contribution in [2.45, 2.75) is 6.54 Å². The lowest BCUT2D eigenvalue weighted by molar-refractivity contribution is 0.413. The van der Waals surface area contributed by atoms with Gasteiger partial charge in [0.05, 0.1) is 7.11 Å². The predicted octanol–water partition coefficient (Wildman–Crippen LogP) is 3.38. The molecule has 0 heterocycles. The molecule has 2 aromatic carbocycles. The Hall–Kier alpha value is -1.58. The quantitative estimate of drug-likeness (QED) is 0.925. The first-order valence-electron chi connectivity index (χ1n) is 5.38. The van der Waals surface area contributed by atoms with Crippen molar-refractivity contribution in [2.24, 2.45) is 5.73 Å². The maximum Gasteiger partial charge on any atom is 0.129 e. The first kappa shape index (κ1) is 14.5. The van der Waals surface area contributed by atoms with Gasteiger partial charge in [0, 0.05) is 18.2 Å².